The molecular weight excluding hydrogens is 148 g/mol. The first-order chi connectivity index (χ1) is 5.70. The molecular formula is C11H16O. The van der Waals surface area contributed by atoms with E-state index in [1.54, 1.807) is 0 Å². The van der Waals surface area contributed by atoms with E-state index in [2.05, 4.69) is 6.58 Å². The smallest absolute Gasteiger partial charge is 0.139 e. The van der Waals surface area contributed by atoms with Crippen molar-refractivity contribution in [3.8, 4) is 0 Å². The Morgan fingerprint density at radius 2 is 2.33 bits per heavy atom. The molecule has 0 spiro atoms. The van der Waals surface area contributed by atoms with Crippen LogP contribution in [0.15, 0.2) is 24.3 Å². The van der Waals surface area contributed by atoms with Crippen molar-refractivity contribution in [1.82, 2.24) is 0 Å². The van der Waals surface area contributed by atoms with E-state index in [1.165, 1.54) is 6.42 Å². The maximum atomic E-state index is 11.3. The molecule has 1 atom stereocenters. The number of Topliss-reactive ketones (excluding diaryl/α,β-unsaturated/α-hetero) is 1. The SMILES string of the molecule is C=C(C)/C=C\C1CCCCC1=O. The lowest BCUT2D eigenvalue weighted by molar-refractivity contribution is -0.122. The number of allylic oxidation sites excluding steroid dienone is 3. The van der Waals surface area contributed by atoms with Crippen LogP contribution in [0.25, 0.3) is 0 Å². The quantitative estimate of drug-likeness (QED) is 0.573. The van der Waals surface area contributed by atoms with Crippen molar-refractivity contribution in [2.75, 3.05) is 0 Å². The highest BCUT2D eigenvalue weighted by Gasteiger charge is 2.18. The minimum absolute atomic E-state index is 0.176. The number of rotatable bonds is 2. The van der Waals surface area contributed by atoms with E-state index in [9.17, 15) is 4.79 Å². The fourth-order valence-electron chi connectivity index (χ4n) is 1.49. The molecule has 0 radical (unpaired) electrons. The minimum Gasteiger partial charge on any atom is -0.299 e. The molecule has 66 valence electrons. The molecule has 1 rings (SSSR count). The second kappa shape index (κ2) is 4.24. The van der Waals surface area contributed by atoms with Gasteiger partial charge >= 0.3 is 0 Å². The Morgan fingerprint density at radius 3 is 2.92 bits per heavy atom. The monoisotopic (exact) mass is 164 g/mol. The van der Waals surface area contributed by atoms with Crippen molar-refractivity contribution in [3.05, 3.63) is 24.3 Å². The molecule has 1 aliphatic rings. The third-order valence-corrected chi connectivity index (χ3v) is 2.21. The van der Waals surface area contributed by atoms with Gasteiger partial charge in [0.15, 0.2) is 0 Å². The van der Waals surface area contributed by atoms with E-state index < -0.39 is 0 Å². The summed E-state index contributed by atoms with van der Waals surface area (Å²) >= 11 is 0. The van der Waals surface area contributed by atoms with Gasteiger partial charge in [0.05, 0.1) is 0 Å². The van der Waals surface area contributed by atoms with Crippen molar-refractivity contribution < 1.29 is 4.79 Å². The normalized spacial score (nSPS) is 24.8. The Bertz CT molecular complexity index is 213. The summed E-state index contributed by atoms with van der Waals surface area (Å²) in [6.45, 7) is 5.71. The second-order valence-corrected chi connectivity index (χ2v) is 3.52. The van der Waals surface area contributed by atoms with Gasteiger partial charge in [0, 0.05) is 12.3 Å². The fraction of sp³-hybridized carbons (Fsp3) is 0.545. The van der Waals surface area contributed by atoms with Crippen LogP contribution < -0.4 is 0 Å². The van der Waals surface area contributed by atoms with Gasteiger partial charge in [0.1, 0.15) is 5.78 Å². The van der Waals surface area contributed by atoms with Crippen LogP contribution >= 0.6 is 0 Å². The first-order valence-corrected chi connectivity index (χ1v) is 4.56. The average molecular weight is 164 g/mol. The molecule has 0 bridgehead atoms. The molecule has 0 aromatic carbocycles. The number of hydrogen-bond donors (Lipinski definition) is 0. The van der Waals surface area contributed by atoms with Crippen molar-refractivity contribution in [2.45, 2.75) is 32.6 Å². The number of carbonyl (C=O) groups is 1. The van der Waals surface area contributed by atoms with Crippen molar-refractivity contribution in [2.24, 2.45) is 5.92 Å². The zero-order chi connectivity index (χ0) is 8.97. The van der Waals surface area contributed by atoms with E-state index >= 15 is 0 Å². The maximum Gasteiger partial charge on any atom is 0.139 e. The van der Waals surface area contributed by atoms with Gasteiger partial charge in [-0.1, -0.05) is 30.7 Å². The van der Waals surface area contributed by atoms with E-state index in [-0.39, 0.29) is 5.92 Å². The zero-order valence-corrected chi connectivity index (χ0v) is 7.68. The van der Waals surface area contributed by atoms with Crippen molar-refractivity contribution in [3.63, 3.8) is 0 Å². The molecule has 0 aliphatic heterocycles. The fourth-order valence-corrected chi connectivity index (χ4v) is 1.49. The molecule has 1 heteroatoms. The molecule has 12 heavy (non-hydrogen) atoms. The van der Waals surface area contributed by atoms with Gasteiger partial charge in [0.25, 0.3) is 0 Å². The van der Waals surface area contributed by atoms with Gasteiger partial charge in [-0.2, -0.15) is 0 Å². The van der Waals surface area contributed by atoms with Crippen LogP contribution in [-0.4, -0.2) is 5.78 Å². The maximum absolute atomic E-state index is 11.3. The highest BCUT2D eigenvalue weighted by Crippen LogP contribution is 2.21. The molecule has 0 aromatic rings. The summed E-state index contributed by atoms with van der Waals surface area (Å²) in [4.78, 5) is 11.3. The second-order valence-electron chi connectivity index (χ2n) is 3.52. The Hall–Kier alpha value is -0.850. The Labute approximate surface area is 74.2 Å². The molecule has 0 amide bonds. The van der Waals surface area contributed by atoms with Crippen molar-refractivity contribution >= 4 is 5.78 Å². The highest BCUT2D eigenvalue weighted by molar-refractivity contribution is 5.83. The molecule has 1 fully saturated rings. The van der Waals surface area contributed by atoms with Gasteiger partial charge in [-0.3, -0.25) is 4.79 Å². The topological polar surface area (TPSA) is 17.1 Å². The zero-order valence-electron chi connectivity index (χ0n) is 7.68. The van der Waals surface area contributed by atoms with E-state index in [1.807, 2.05) is 19.1 Å². The first kappa shape index (κ1) is 9.24. The predicted octanol–water partition coefficient (Wildman–Crippen LogP) is 2.88. The summed E-state index contributed by atoms with van der Waals surface area (Å²) < 4.78 is 0. The standard InChI is InChI=1S/C11H16O/c1-9(2)7-8-10-5-3-4-6-11(10)12/h7-8,10H,1,3-6H2,2H3/b8-7-. The summed E-state index contributed by atoms with van der Waals surface area (Å²) in [5.41, 5.74) is 1.02. The lowest BCUT2D eigenvalue weighted by Gasteiger charge is -2.16. The lowest BCUT2D eigenvalue weighted by atomic mass is 9.87. The molecule has 1 aliphatic carbocycles. The summed E-state index contributed by atoms with van der Waals surface area (Å²) in [7, 11) is 0. The lowest BCUT2D eigenvalue weighted by Crippen LogP contribution is -2.16. The number of carbonyl (C=O) groups excluding carboxylic acids is 1. The average Bonchev–Trinajstić information content (AvgIpc) is 2.03. The van der Waals surface area contributed by atoms with E-state index in [0.717, 1.165) is 24.8 Å². The number of ketones is 1. The Morgan fingerprint density at radius 1 is 1.58 bits per heavy atom. The van der Waals surface area contributed by atoms with Crippen LogP contribution in [-0.2, 0) is 4.79 Å². The predicted molar refractivity (Wildman–Crippen MR) is 50.9 cm³/mol. The van der Waals surface area contributed by atoms with Gasteiger partial charge in [-0.25, -0.2) is 0 Å². The molecule has 0 saturated heterocycles. The molecule has 0 aromatic heterocycles. The minimum atomic E-state index is 0.176. The van der Waals surface area contributed by atoms with Crippen molar-refractivity contribution in [1.29, 1.82) is 0 Å². The third-order valence-electron chi connectivity index (χ3n) is 2.21. The first-order valence-electron chi connectivity index (χ1n) is 4.56. The summed E-state index contributed by atoms with van der Waals surface area (Å²) in [5, 5.41) is 0. The number of hydrogen-bond acceptors (Lipinski definition) is 1. The Balaban J connectivity index is 2.49. The summed E-state index contributed by atoms with van der Waals surface area (Å²) in [5.74, 6) is 0.578. The molecule has 0 heterocycles. The van der Waals surface area contributed by atoms with Crippen LogP contribution in [0.5, 0.6) is 0 Å². The molecule has 1 unspecified atom stereocenters. The van der Waals surface area contributed by atoms with Crippen LogP contribution in [0.4, 0.5) is 0 Å². The van der Waals surface area contributed by atoms with Gasteiger partial charge in [-0.05, 0) is 19.8 Å². The van der Waals surface area contributed by atoms with Gasteiger partial charge < -0.3 is 0 Å². The van der Waals surface area contributed by atoms with Crippen LogP contribution in [0.2, 0.25) is 0 Å². The Kier molecular flexibility index (Phi) is 3.27. The van der Waals surface area contributed by atoms with E-state index in [4.69, 9.17) is 0 Å². The molecule has 0 N–H and O–H groups in total. The molecule has 1 saturated carbocycles. The van der Waals surface area contributed by atoms with Crippen LogP contribution in [0.3, 0.4) is 0 Å². The van der Waals surface area contributed by atoms with Gasteiger partial charge in [-0.15, -0.1) is 0 Å². The largest absolute Gasteiger partial charge is 0.299 e. The summed E-state index contributed by atoms with van der Waals surface area (Å²) in [6.07, 6.45) is 8.03. The summed E-state index contributed by atoms with van der Waals surface area (Å²) in [6, 6.07) is 0. The van der Waals surface area contributed by atoms with Crippen LogP contribution in [0.1, 0.15) is 32.6 Å². The van der Waals surface area contributed by atoms with Crippen LogP contribution in [0, 0.1) is 5.92 Å². The molecule has 1 nitrogen and oxygen atoms in total. The third kappa shape index (κ3) is 2.65. The van der Waals surface area contributed by atoms with Gasteiger partial charge in [0.2, 0.25) is 0 Å². The highest BCUT2D eigenvalue weighted by atomic mass is 16.1. The van der Waals surface area contributed by atoms with E-state index in [0.29, 0.717) is 5.78 Å².